The van der Waals surface area contributed by atoms with Crippen molar-refractivity contribution in [3.63, 3.8) is 0 Å². The van der Waals surface area contributed by atoms with Gasteiger partial charge in [-0.25, -0.2) is 0 Å². The van der Waals surface area contributed by atoms with Gasteiger partial charge in [0.15, 0.2) is 0 Å². The fraction of sp³-hybridized carbons (Fsp3) is 0.786. The highest BCUT2D eigenvalue weighted by molar-refractivity contribution is 5.84. The van der Waals surface area contributed by atoms with E-state index in [4.69, 9.17) is 9.73 Å². The van der Waals surface area contributed by atoms with Crippen LogP contribution in [-0.4, -0.2) is 60.6 Å². The Kier molecular flexibility index (Phi) is 3.16. The monoisotopic (exact) mass is 249 g/mol. The number of hydrogen-bond acceptors (Lipinski definition) is 4. The number of amidine groups is 1. The molecule has 2 unspecified atom stereocenters. The fourth-order valence-electron chi connectivity index (χ4n) is 3.41. The van der Waals surface area contributed by atoms with Crippen molar-refractivity contribution in [1.82, 2.24) is 9.80 Å². The topological polar surface area (TPSA) is 28.1 Å². The van der Waals surface area contributed by atoms with E-state index in [1.807, 2.05) is 0 Å². The second-order valence-electron chi connectivity index (χ2n) is 5.52. The molecule has 3 aliphatic rings. The molecule has 3 heterocycles. The maximum atomic E-state index is 5.47. The fourth-order valence-corrected chi connectivity index (χ4v) is 3.41. The molecule has 0 spiro atoms. The molecule has 2 fully saturated rings. The minimum atomic E-state index is 0.345. The van der Waals surface area contributed by atoms with Gasteiger partial charge in [-0.2, -0.15) is 0 Å². The van der Waals surface area contributed by atoms with Crippen molar-refractivity contribution in [2.24, 2.45) is 4.99 Å². The summed E-state index contributed by atoms with van der Waals surface area (Å²) in [6.45, 7) is 11.6. The zero-order valence-electron chi connectivity index (χ0n) is 11.6. The molecule has 0 N–H and O–H groups in total. The van der Waals surface area contributed by atoms with Crippen LogP contribution in [0, 0.1) is 0 Å². The first-order chi connectivity index (χ1) is 8.68. The predicted octanol–water partition coefficient (Wildman–Crippen LogP) is 1.49. The third-order valence-electron chi connectivity index (χ3n) is 4.52. The van der Waals surface area contributed by atoms with Crippen LogP contribution in [0.4, 0.5) is 0 Å². The Balaban J connectivity index is 1.87. The SMILES string of the molecule is CC1=NC(C)C(C)=C2C(N3CCOCC3)CCN12. The molecule has 2 saturated heterocycles. The van der Waals surface area contributed by atoms with Gasteiger partial charge < -0.3 is 9.64 Å². The summed E-state index contributed by atoms with van der Waals surface area (Å²) in [4.78, 5) is 9.74. The Morgan fingerprint density at radius 3 is 2.61 bits per heavy atom. The summed E-state index contributed by atoms with van der Waals surface area (Å²) in [6.07, 6.45) is 1.23. The lowest BCUT2D eigenvalue weighted by atomic mass is 10.0. The lowest BCUT2D eigenvalue weighted by Gasteiger charge is -2.37. The lowest BCUT2D eigenvalue weighted by Crippen LogP contribution is -2.45. The van der Waals surface area contributed by atoms with Crippen molar-refractivity contribution in [2.75, 3.05) is 32.8 Å². The van der Waals surface area contributed by atoms with Crippen molar-refractivity contribution in [2.45, 2.75) is 39.3 Å². The number of morpholine rings is 1. The Morgan fingerprint density at radius 2 is 1.89 bits per heavy atom. The van der Waals surface area contributed by atoms with Crippen LogP contribution >= 0.6 is 0 Å². The van der Waals surface area contributed by atoms with Crippen LogP contribution in [0.2, 0.25) is 0 Å². The highest BCUT2D eigenvalue weighted by Crippen LogP contribution is 2.34. The van der Waals surface area contributed by atoms with Crippen LogP contribution in [0.15, 0.2) is 16.3 Å². The van der Waals surface area contributed by atoms with Gasteiger partial charge in [0.1, 0.15) is 5.84 Å². The molecule has 0 aromatic heterocycles. The molecule has 0 aliphatic carbocycles. The Labute approximate surface area is 109 Å². The molecular weight excluding hydrogens is 226 g/mol. The van der Waals surface area contributed by atoms with Crippen molar-refractivity contribution in [1.29, 1.82) is 0 Å². The first kappa shape index (κ1) is 12.2. The van der Waals surface area contributed by atoms with Gasteiger partial charge >= 0.3 is 0 Å². The van der Waals surface area contributed by atoms with E-state index in [1.54, 1.807) is 0 Å². The number of rotatable bonds is 1. The van der Waals surface area contributed by atoms with Crippen LogP contribution < -0.4 is 0 Å². The number of ether oxygens (including phenoxy) is 1. The third kappa shape index (κ3) is 1.88. The van der Waals surface area contributed by atoms with Gasteiger partial charge in [0.2, 0.25) is 0 Å². The second kappa shape index (κ2) is 4.67. The van der Waals surface area contributed by atoms with Gasteiger partial charge in [-0.1, -0.05) is 0 Å². The summed E-state index contributed by atoms with van der Waals surface area (Å²) in [5.41, 5.74) is 2.98. The standard InChI is InChI=1S/C14H23N3O/c1-10-11(2)15-12(3)17-5-4-13(14(10)17)16-6-8-18-9-7-16/h11,13H,4-9H2,1-3H3. The zero-order chi connectivity index (χ0) is 12.7. The molecule has 2 atom stereocenters. The molecule has 4 heteroatoms. The van der Waals surface area contributed by atoms with Crippen molar-refractivity contribution < 1.29 is 4.74 Å². The number of fused-ring (bicyclic) bond motifs is 1. The second-order valence-corrected chi connectivity index (χ2v) is 5.52. The third-order valence-corrected chi connectivity index (χ3v) is 4.52. The van der Waals surface area contributed by atoms with E-state index in [-0.39, 0.29) is 0 Å². The van der Waals surface area contributed by atoms with E-state index < -0.39 is 0 Å². The smallest absolute Gasteiger partial charge is 0.101 e. The van der Waals surface area contributed by atoms with Crippen LogP contribution in [0.5, 0.6) is 0 Å². The quantitative estimate of drug-likeness (QED) is 0.705. The molecule has 0 bridgehead atoms. The summed E-state index contributed by atoms with van der Waals surface area (Å²) in [5, 5.41) is 0. The van der Waals surface area contributed by atoms with Gasteiger partial charge in [0, 0.05) is 25.3 Å². The first-order valence-electron chi connectivity index (χ1n) is 7.03. The van der Waals surface area contributed by atoms with E-state index in [9.17, 15) is 0 Å². The van der Waals surface area contributed by atoms with E-state index >= 15 is 0 Å². The van der Waals surface area contributed by atoms with Gasteiger partial charge in [-0.3, -0.25) is 9.89 Å². The molecule has 4 nitrogen and oxygen atoms in total. The van der Waals surface area contributed by atoms with Crippen molar-refractivity contribution >= 4 is 5.84 Å². The number of nitrogens with zero attached hydrogens (tertiary/aromatic N) is 3. The normalized spacial score (nSPS) is 33.7. The molecule has 18 heavy (non-hydrogen) atoms. The maximum absolute atomic E-state index is 5.47. The van der Waals surface area contributed by atoms with E-state index in [0.29, 0.717) is 12.1 Å². The van der Waals surface area contributed by atoms with Gasteiger partial charge in [0.05, 0.1) is 25.3 Å². The molecule has 0 amide bonds. The molecule has 0 saturated carbocycles. The molecule has 0 radical (unpaired) electrons. The summed E-state index contributed by atoms with van der Waals surface area (Å²) >= 11 is 0. The van der Waals surface area contributed by atoms with Crippen molar-refractivity contribution in [3.8, 4) is 0 Å². The highest BCUT2D eigenvalue weighted by atomic mass is 16.5. The largest absolute Gasteiger partial charge is 0.379 e. The number of hydrogen-bond donors (Lipinski definition) is 0. The minimum absolute atomic E-state index is 0.345. The zero-order valence-corrected chi connectivity index (χ0v) is 11.6. The molecule has 3 rings (SSSR count). The maximum Gasteiger partial charge on any atom is 0.101 e. The Hall–Kier alpha value is -0.870. The average Bonchev–Trinajstić information content (AvgIpc) is 2.82. The molecule has 0 aromatic carbocycles. The lowest BCUT2D eigenvalue weighted by molar-refractivity contribution is 0.0242. The summed E-state index contributed by atoms with van der Waals surface area (Å²) < 4.78 is 5.47. The summed E-state index contributed by atoms with van der Waals surface area (Å²) in [6, 6.07) is 0.930. The molecule has 100 valence electrons. The minimum Gasteiger partial charge on any atom is -0.379 e. The number of aliphatic imine (C=N–C) groups is 1. The van der Waals surface area contributed by atoms with Gasteiger partial charge in [-0.05, 0) is 32.8 Å². The molecular formula is C14H23N3O. The summed E-state index contributed by atoms with van der Waals surface area (Å²) in [7, 11) is 0. The van der Waals surface area contributed by atoms with Crippen LogP contribution in [0.25, 0.3) is 0 Å². The highest BCUT2D eigenvalue weighted by Gasteiger charge is 2.38. The van der Waals surface area contributed by atoms with E-state index in [0.717, 1.165) is 32.8 Å². The molecule has 0 aromatic rings. The van der Waals surface area contributed by atoms with Crippen molar-refractivity contribution in [3.05, 3.63) is 11.3 Å². The van der Waals surface area contributed by atoms with E-state index in [2.05, 4.69) is 30.6 Å². The van der Waals surface area contributed by atoms with Gasteiger partial charge in [0.25, 0.3) is 0 Å². The predicted molar refractivity (Wildman–Crippen MR) is 72.8 cm³/mol. The van der Waals surface area contributed by atoms with Crippen LogP contribution in [0.3, 0.4) is 0 Å². The van der Waals surface area contributed by atoms with E-state index in [1.165, 1.54) is 23.5 Å². The Bertz CT molecular complexity index is 396. The first-order valence-corrected chi connectivity index (χ1v) is 7.03. The van der Waals surface area contributed by atoms with Crippen LogP contribution in [-0.2, 0) is 4.74 Å². The average molecular weight is 249 g/mol. The molecule has 3 aliphatic heterocycles. The van der Waals surface area contributed by atoms with Gasteiger partial charge in [-0.15, -0.1) is 0 Å². The van der Waals surface area contributed by atoms with Crippen LogP contribution in [0.1, 0.15) is 27.2 Å². The summed E-state index contributed by atoms with van der Waals surface area (Å²) in [5.74, 6) is 1.19. The Morgan fingerprint density at radius 1 is 1.17 bits per heavy atom.